The lowest BCUT2D eigenvalue weighted by Crippen LogP contribution is -2.27. The van der Waals surface area contributed by atoms with Crippen molar-refractivity contribution in [1.82, 2.24) is 0 Å². The van der Waals surface area contributed by atoms with Gasteiger partial charge in [0, 0.05) is 28.8 Å². The number of allylic oxidation sites excluding steroid dienone is 4. The van der Waals surface area contributed by atoms with Gasteiger partial charge in [-0.25, -0.2) is 0 Å². The summed E-state index contributed by atoms with van der Waals surface area (Å²) in [6.07, 6.45) is 3.58. The summed E-state index contributed by atoms with van der Waals surface area (Å²) in [5.74, 6) is 0. The molecule has 0 atom stereocenters. The maximum Gasteiger partial charge on any atom is 0.0450 e. The van der Waals surface area contributed by atoms with Crippen LogP contribution in [0.1, 0.15) is 64.7 Å². The fourth-order valence-electron chi connectivity index (χ4n) is 5.19. The molecule has 0 spiro atoms. The molecule has 1 heteroatoms. The van der Waals surface area contributed by atoms with Crippen LogP contribution < -0.4 is 4.90 Å². The Hall–Kier alpha value is -2.28. The Morgan fingerprint density at radius 2 is 1.44 bits per heavy atom. The Labute approximate surface area is 164 Å². The first kappa shape index (κ1) is 18.1. The van der Waals surface area contributed by atoms with E-state index in [-0.39, 0.29) is 10.8 Å². The number of rotatable bonds is 3. The summed E-state index contributed by atoms with van der Waals surface area (Å²) >= 11 is 0. The second-order valence-corrected chi connectivity index (χ2v) is 8.83. The fourth-order valence-corrected chi connectivity index (χ4v) is 5.19. The van der Waals surface area contributed by atoms with Crippen LogP contribution in [0.2, 0.25) is 0 Å². The van der Waals surface area contributed by atoms with Crippen molar-refractivity contribution in [3.63, 3.8) is 0 Å². The maximum absolute atomic E-state index is 2.52. The van der Waals surface area contributed by atoms with Crippen LogP contribution >= 0.6 is 0 Å². The van der Waals surface area contributed by atoms with Crippen LogP contribution in [-0.4, -0.2) is 6.54 Å². The molecule has 1 aliphatic heterocycles. The molecule has 0 saturated heterocycles. The number of hydrogen-bond donors (Lipinski definition) is 0. The number of benzene rings is 2. The van der Waals surface area contributed by atoms with E-state index in [4.69, 9.17) is 0 Å². The molecule has 0 saturated carbocycles. The van der Waals surface area contributed by atoms with Gasteiger partial charge in [0.25, 0.3) is 0 Å². The van der Waals surface area contributed by atoms with E-state index in [0.29, 0.717) is 0 Å². The van der Waals surface area contributed by atoms with E-state index in [1.165, 1.54) is 39.2 Å². The summed E-state index contributed by atoms with van der Waals surface area (Å²) in [4.78, 5) is 2.51. The van der Waals surface area contributed by atoms with Crippen LogP contribution in [0.3, 0.4) is 0 Å². The van der Waals surface area contributed by atoms with Gasteiger partial charge in [-0.2, -0.15) is 0 Å². The Morgan fingerprint density at radius 3 is 2.11 bits per heavy atom. The molecular weight excluding hydrogens is 326 g/mol. The van der Waals surface area contributed by atoms with Crippen molar-refractivity contribution in [2.75, 3.05) is 11.4 Å². The lowest BCUT2D eigenvalue weighted by Gasteiger charge is -2.30. The number of nitrogens with zero attached hydrogens (tertiary/aromatic N) is 1. The van der Waals surface area contributed by atoms with Gasteiger partial charge in [0.1, 0.15) is 0 Å². The topological polar surface area (TPSA) is 3.24 Å². The zero-order valence-electron chi connectivity index (χ0n) is 17.6. The molecule has 0 radical (unpaired) electrons. The van der Waals surface area contributed by atoms with Crippen molar-refractivity contribution in [1.29, 1.82) is 0 Å². The minimum absolute atomic E-state index is 0.0172. The predicted molar refractivity (Wildman–Crippen MR) is 117 cm³/mol. The Balaban J connectivity index is 1.94. The van der Waals surface area contributed by atoms with Crippen LogP contribution in [0.4, 0.5) is 5.69 Å². The molecule has 2 aliphatic rings. The third-order valence-electron chi connectivity index (χ3n) is 6.67. The Bertz CT molecular complexity index is 956. The molecule has 1 aliphatic carbocycles. The first-order valence-corrected chi connectivity index (χ1v) is 10.3. The van der Waals surface area contributed by atoms with Crippen LogP contribution in [-0.2, 0) is 10.8 Å². The van der Waals surface area contributed by atoms with Gasteiger partial charge in [-0.3, -0.25) is 0 Å². The van der Waals surface area contributed by atoms with Crippen molar-refractivity contribution in [3.8, 4) is 0 Å². The smallest absolute Gasteiger partial charge is 0.0450 e. The maximum atomic E-state index is 2.52. The van der Waals surface area contributed by atoms with E-state index in [1.807, 2.05) is 0 Å². The monoisotopic (exact) mass is 357 g/mol. The molecule has 1 nitrogen and oxygen atoms in total. The van der Waals surface area contributed by atoms with E-state index in [2.05, 4.69) is 101 Å². The molecule has 0 amide bonds. The summed E-state index contributed by atoms with van der Waals surface area (Å²) in [6, 6.07) is 17.9. The largest absolute Gasteiger partial charge is 0.344 e. The zero-order valence-corrected chi connectivity index (χ0v) is 17.6. The van der Waals surface area contributed by atoms with E-state index in [0.717, 1.165) is 13.0 Å². The molecule has 0 aromatic heterocycles. The van der Waals surface area contributed by atoms with Crippen molar-refractivity contribution in [2.45, 2.75) is 58.8 Å². The van der Waals surface area contributed by atoms with E-state index in [9.17, 15) is 0 Å². The van der Waals surface area contributed by atoms with Gasteiger partial charge < -0.3 is 4.90 Å². The number of para-hydroxylation sites is 1. The summed E-state index contributed by atoms with van der Waals surface area (Å²) in [7, 11) is 0. The zero-order chi connectivity index (χ0) is 19.4. The first-order valence-electron chi connectivity index (χ1n) is 10.3. The molecule has 1 heterocycles. The van der Waals surface area contributed by atoms with Crippen LogP contribution in [0.25, 0.3) is 5.57 Å². The van der Waals surface area contributed by atoms with Gasteiger partial charge >= 0.3 is 0 Å². The lowest BCUT2D eigenvalue weighted by molar-refractivity contribution is 0.618. The Morgan fingerprint density at radius 1 is 0.815 bits per heavy atom. The predicted octanol–water partition coefficient (Wildman–Crippen LogP) is 6.84. The minimum atomic E-state index is 0.0172. The average Bonchev–Trinajstić information content (AvgIpc) is 3.01. The second kappa shape index (κ2) is 6.12. The van der Waals surface area contributed by atoms with Gasteiger partial charge in [-0.1, -0.05) is 77.1 Å². The van der Waals surface area contributed by atoms with Gasteiger partial charge in [-0.15, -0.1) is 0 Å². The normalized spacial score (nSPS) is 21.0. The third kappa shape index (κ3) is 2.44. The molecule has 0 bridgehead atoms. The number of likely N-dealkylation sites (N-methyl/N-ethyl adjacent to an activating group) is 1. The van der Waals surface area contributed by atoms with Gasteiger partial charge in [0.05, 0.1) is 0 Å². The standard InChI is InChI=1S/C26H31N/c1-7-18-19-13-9-10-14-20(19)25(3,4)22(18)17-24-26(5,6)21-15-11-12-16-23(21)27(24)8-2/h9-17H,7-8H2,1-6H3/b24-17-. The second-order valence-electron chi connectivity index (χ2n) is 8.83. The number of fused-ring (bicyclic) bond motifs is 2. The van der Waals surface area contributed by atoms with Gasteiger partial charge in [-0.05, 0) is 53.3 Å². The number of anilines is 1. The molecule has 2 aromatic carbocycles. The highest BCUT2D eigenvalue weighted by Crippen LogP contribution is 2.52. The molecule has 4 rings (SSSR count). The van der Waals surface area contributed by atoms with Crippen molar-refractivity contribution in [2.24, 2.45) is 0 Å². The number of hydrogen-bond acceptors (Lipinski definition) is 1. The molecule has 27 heavy (non-hydrogen) atoms. The quantitative estimate of drug-likeness (QED) is 0.581. The van der Waals surface area contributed by atoms with Crippen molar-refractivity contribution in [3.05, 3.63) is 82.6 Å². The van der Waals surface area contributed by atoms with Crippen LogP contribution in [0.5, 0.6) is 0 Å². The van der Waals surface area contributed by atoms with Crippen LogP contribution in [0, 0.1) is 0 Å². The summed E-state index contributed by atoms with van der Waals surface area (Å²) in [6.45, 7) is 15.0. The summed E-state index contributed by atoms with van der Waals surface area (Å²) < 4.78 is 0. The lowest BCUT2D eigenvalue weighted by atomic mass is 9.78. The van der Waals surface area contributed by atoms with Crippen molar-refractivity contribution < 1.29 is 0 Å². The van der Waals surface area contributed by atoms with Crippen LogP contribution in [0.15, 0.2) is 65.9 Å². The summed E-state index contributed by atoms with van der Waals surface area (Å²) in [5, 5.41) is 0. The highest BCUT2D eigenvalue weighted by atomic mass is 15.2. The highest BCUT2D eigenvalue weighted by Gasteiger charge is 2.42. The highest BCUT2D eigenvalue weighted by molar-refractivity contribution is 5.83. The average molecular weight is 358 g/mol. The molecule has 2 aromatic rings. The third-order valence-corrected chi connectivity index (χ3v) is 6.67. The fraction of sp³-hybridized carbons (Fsp3) is 0.385. The Kier molecular flexibility index (Phi) is 4.10. The molecular formula is C26H31N. The van der Waals surface area contributed by atoms with E-state index in [1.54, 1.807) is 0 Å². The molecule has 140 valence electrons. The molecule has 0 unspecified atom stereocenters. The SMILES string of the molecule is CCC1=C(/C=C2\N(CC)c3ccccc3C2(C)C)C(C)(C)c2ccccc21. The van der Waals surface area contributed by atoms with Gasteiger partial charge in [0.15, 0.2) is 0 Å². The molecule has 0 N–H and O–H groups in total. The van der Waals surface area contributed by atoms with Gasteiger partial charge in [0.2, 0.25) is 0 Å². The van der Waals surface area contributed by atoms with E-state index >= 15 is 0 Å². The van der Waals surface area contributed by atoms with Crippen molar-refractivity contribution >= 4 is 11.3 Å². The molecule has 0 fully saturated rings. The minimum Gasteiger partial charge on any atom is -0.344 e. The first-order chi connectivity index (χ1) is 12.8. The summed E-state index contributed by atoms with van der Waals surface area (Å²) in [5.41, 5.74) is 10.2. The van der Waals surface area contributed by atoms with E-state index < -0.39 is 0 Å².